The fourth-order valence-corrected chi connectivity index (χ4v) is 5.43. The number of nitrogens with zero attached hydrogens (tertiary/aromatic N) is 3. The first kappa shape index (κ1) is 21.9. The van der Waals surface area contributed by atoms with Crippen LogP contribution in [-0.4, -0.2) is 40.5 Å². The van der Waals surface area contributed by atoms with E-state index in [1.54, 1.807) is 24.2 Å². The highest BCUT2D eigenvalue weighted by molar-refractivity contribution is 7.99. The van der Waals surface area contributed by atoms with Crippen LogP contribution in [0.25, 0.3) is 0 Å². The molecule has 2 aromatic carbocycles. The Kier molecular flexibility index (Phi) is 6.60. The third kappa shape index (κ3) is 5.20. The summed E-state index contributed by atoms with van der Waals surface area (Å²) in [5.74, 6) is 1.25. The monoisotopic (exact) mass is 460 g/mol. The summed E-state index contributed by atoms with van der Waals surface area (Å²) in [5, 5.41) is 4.35. The number of ether oxygens (including phenoxy) is 1. The maximum atomic E-state index is 11.7. The maximum absolute atomic E-state index is 11.7. The molecule has 3 heterocycles. The lowest BCUT2D eigenvalue weighted by Crippen LogP contribution is -2.32. The molecule has 1 aromatic heterocycles. The van der Waals surface area contributed by atoms with Gasteiger partial charge in [0.2, 0.25) is 0 Å². The number of rotatable bonds is 6. The van der Waals surface area contributed by atoms with Gasteiger partial charge in [-0.2, -0.15) is 0 Å². The van der Waals surface area contributed by atoms with Crippen molar-refractivity contribution < 1.29 is 9.53 Å². The Morgan fingerprint density at radius 1 is 1.09 bits per heavy atom. The molecule has 3 aromatic rings. The number of likely N-dealkylation sites (tertiary alicyclic amines) is 1. The molecule has 1 saturated heterocycles. The van der Waals surface area contributed by atoms with Crippen LogP contribution in [0.4, 0.5) is 11.5 Å². The van der Waals surface area contributed by atoms with Crippen LogP contribution in [-0.2, 0) is 22.5 Å². The van der Waals surface area contributed by atoms with Crippen molar-refractivity contribution in [3.63, 3.8) is 0 Å². The van der Waals surface area contributed by atoms with Crippen LogP contribution in [0.5, 0.6) is 0 Å². The van der Waals surface area contributed by atoms with Gasteiger partial charge in [0.25, 0.3) is 0 Å². The predicted octanol–water partition coefficient (Wildman–Crippen LogP) is 5.17. The van der Waals surface area contributed by atoms with E-state index in [1.165, 1.54) is 16.0 Å². The van der Waals surface area contributed by atoms with Crippen LogP contribution < -0.4 is 5.32 Å². The topological polar surface area (TPSA) is 67.3 Å². The fourth-order valence-electron chi connectivity index (χ4n) is 4.55. The van der Waals surface area contributed by atoms with Crippen LogP contribution in [0.15, 0.2) is 64.8 Å². The van der Waals surface area contributed by atoms with Gasteiger partial charge in [0.05, 0.1) is 18.7 Å². The lowest BCUT2D eigenvalue weighted by atomic mass is 9.88. The minimum atomic E-state index is -0.160. The number of benzene rings is 2. The van der Waals surface area contributed by atoms with E-state index < -0.39 is 0 Å². The van der Waals surface area contributed by atoms with E-state index in [0.717, 1.165) is 54.6 Å². The number of hydrogen-bond acceptors (Lipinski definition) is 7. The summed E-state index contributed by atoms with van der Waals surface area (Å²) in [6, 6.07) is 15.2. The highest BCUT2D eigenvalue weighted by Crippen LogP contribution is 2.42. The Labute approximate surface area is 198 Å². The second-order valence-electron chi connectivity index (χ2n) is 8.54. The van der Waals surface area contributed by atoms with Gasteiger partial charge in [-0.1, -0.05) is 42.1 Å². The molecule has 0 amide bonds. The molecule has 2 aliphatic heterocycles. The highest BCUT2D eigenvalue weighted by Gasteiger charge is 2.22. The van der Waals surface area contributed by atoms with Gasteiger partial charge in [-0.3, -0.25) is 9.69 Å². The highest BCUT2D eigenvalue weighted by atomic mass is 32.2. The number of nitrogens with one attached hydrogen (secondary N) is 1. The second-order valence-corrected chi connectivity index (χ2v) is 9.57. The van der Waals surface area contributed by atoms with E-state index in [-0.39, 0.29) is 5.97 Å². The summed E-state index contributed by atoms with van der Waals surface area (Å²) in [7, 11) is 0. The zero-order chi connectivity index (χ0) is 22.6. The largest absolute Gasteiger partial charge is 0.466 e. The van der Waals surface area contributed by atoms with Gasteiger partial charge in [0, 0.05) is 23.8 Å². The smallest absolute Gasteiger partial charge is 0.310 e. The van der Waals surface area contributed by atoms with E-state index in [2.05, 4.69) is 62.6 Å². The Morgan fingerprint density at radius 2 is 1.85 bits per heavy atom. The Hall–Kier alpha value is -2.90. The lowest BCUT2D eigenvalue weighted by molar-refractivity contribution is -0.142. The van der Waals surface area contributed by atoms with Gasteiger partial charge in [-0.15, -0.1) is 0 Å². The fraction of sp³-hybridized carbons (Fsp3) is 0.346. The maximum Gasteiger partial charge on any atom is 0.310 e. The van der Waals surface area contributed by atoms with Crippen molar-refractivity contribution in [3.05, 3.63) is 71.5 Å². The minimum Gasteiger partial charge on any atom is -0.466 e. The average molecular weight is 461 g/mol. The van der Waals surface area contributed by atoms with Gasteiger partial charge >= 0.3 is 5.97 Å². The van der Waals surface area contributed by atoms with Crippen molar-refractivity contribution in [1.82, 2.24) is 14.9 Å². The molecule has 0 atom stereocenters. The molecule has 1 fully saturated rings. The van der Waals surface area contributed by atoms with Crippen LogP contribution in [0, 0.1) is 0 Å². The summed E-state index contributed by atoms with van der Waals surface area (Å²) in [6.07, 6.45) is 6.10. The number of carbonyl (C=O) groups excluding carboxylic acids is 1. The summed E-state index contributed by atoms with van der Waals surface area (Å²) < 4.78 is 5.04. The molecule has 2 aliphatic rings. The van der Waals surface area contributed by atoms with E-state index in [9.17, 15) is 4.79 Å². The van der Waals surface area contributed by atoms with Gasteiger partial charge in [0.1, 0.15) is 5.03 Å². The standard InChI is InChI=1S/C26H28N4O2S/c1-2-32-24(31)16-18-3-6-20(7-4-18)21-9-13-30(14-10-21)17-19-5-8-23-22(15-19)29-25-26(33-23)28-12-11-27-25/h3-8,11-12,15,21H,2,9-10,13-14,16-17H2,1H3,(H,27,29). The summed E-state index contributed by atoms with van der Waals surface area (Å²) >= 11 is 1.67. The number of anilines is 2. The molecule has 0 unspecified atom stereocenters. The number of piperidine rings is 1. The van der Waals surface area contributed by atoms with Gasteiger partial charge in [-0.05, 0) is 67.6 Å². The number of fused-ring (bicyclic) bond motifs is 2. The molecule has 0 bridgehead atoms. The van der Waals surface area contributed by atoms with Gasteiger partial charge in [-0.25, -0.2) is 9.97 Å². The molecular weight excluding hydrogens is 432 g/mol. The molecule has 0 radical (unpaired) electrons. The Morgan fingerprint density at radius 3 is 2.64 bits per heavy atom. The Balaban J connectivity index is 1.15. The van der Waals surface area contributed by atoms with E-state index in [1.807, 2.05) is 6.92 Å². The molecule has 0 spiro atoms. The van der Waals surface area contributed by atoms with Crippen LogP contribution in [0.1, 0.15) is 42.4 Å². The van der Waals surface area contributed by atoms with Crippen LogP contribution in [0.3, 0.4) is 0 Å². The molecule has 5 rings (SSSR count). The normalized spacial score (nSPS) is 15.9. The summed E-state index contributed by atoms with van der Waals surface area (Å²) in [5.41, 5.74) is 4.82. The molecule has 33 heavy (non-hydrogen) atoms. The van der Waals surface area contributed by atoms with E-state index in [4.69, 9.17) is 4.74 Å². The van der Waals surface area contributed by atoms with Crippen molar-refractivity contribution in [2.75, 3.05) is 25.0 Å². The number of esters is 1. The second kappa shape index (κ2) is 9.93. The quantitative estimate of drug-likeness (QED) is 0.398. The van der Waals surface area contributed by atoms with Gasteiger partial charge < -0.3 is 10.1 Å². The SMILES string of the molecule is CCOC(=O)Cc1ccc(C2CCN(Cc3ccc4c(c3)Nc3nccnc3S4)CC2)cc1. The summed E-state index contributed by atoms with van der Waals surface area (Å²) in [4.78, 5) is 24.2. The molecule has 170 valence electrons. The van der Waals surface area contributed by atoms with Gasteiger partial charge in [0.15, 0.2) is 5.82 Å². The Bertz CT molecular complexity index is 1130. The number of carbonyl (C=O) groups is 1. The van der Waals surface area contributed by atoms with Crippen molar-refractivity contribution in [2.45, 2.75) is 48.6 Å². The average Bonchev–Trinajstić information content (AvgIpc) is 2.84. The van der Waals surface area contributed by atoms with Crippen LogP contribution >= 0.6 is 11.8 Å². The van der Waals surface area contributed by atoms with E-state index >= 15 is 0 Å². The first-order chi connectivity index (χ1) is 16.2. The first-order valence-electron chi connectivity index (χ1n) is 11.5. The molecule has 1 N–H and O–H groups in total. The molecule has 7 heteroatoms. The predicted molar refractivity (Wildman–Crippen MR) is 130 cm³/mol. The van der Waals surface area contributed by atoms with Crippen molar-refractivity contribution in [1.29, 1.82) is 0 Å². The molecule has 0 aliphatic carbocycles. The molecule has 0 saturated carbocycles. The summed E-state index contributed by atoms with van der Waals surface area (Å²) in [6.45, 7) is 5.39. The van der Waals surface area contributed by atoms with Crippen molar-refractivity contribution >= 4 is 29.2 Å². The zero-order valence-electron chi connectivity index (χ0n) is 18.8. The molecular formula is C26H28N4O2S. The van der Waals surface area contributed by atoms with Crippen molar-refractivity contribution in [2.24, 2.45) is 0 Å². The van der Waals surface area contributed by atoms with Crippen molar-refractivity contribution in [3.8, 4) is 0 Å². The number of aromatic nitrogens is 2. The first-order valence-corrected chi connectivity index (χ1v) is 12.3. The minimum absolute atomic E-state index is 0.160. The van der Waals surface area contributed by atoms with Crippen LogP contribution in [0.2, 0.25) is 0 Å². The lowest BCUT2D eigenvalue weighted by Gasteiger charge is -2.32. The molecule has 6 nitrogen and oxygen atoms in total. The van der Waals surface area contributed by atoms with E-state index in [0.29, 0.717) is 18.9 Å². The third-order valence-electron chi connectivity index (χ3n) is 6.27. The zero-order valence-corrected chi connectivity index (χ0v) is 19.6. The number of hydrogen-bond donors (Lipinski definition) is 1. The third-order valence-corrected chi connectivity index (χ3v) is 7.34.